The van der Waals surface area contributed by atoms with E-state index in [-0.39, 0.29) is 6.04 Å². The Bertz CT molecular complexity index is 534. The second-order valence-corrected chi connectivity index (χ2v) is 4.67. The third-order valence-electron chi connectivity index (χ3n) is 2.99. The maximum atomic E-state index is 5.97. The summed E-state index contributed by atoms with van der Waals surface area (Å²) in [4.78, 5) is 4.39. The van der Waals surface area contributed by atoms with Crippen molar-refractivity contribution in [1.82, 2.24) is 10.1 Å². The molecule has 18 heavy (non-hydrogen) atoms. The molecule has 0 amide bonds. The van der Waals surface area contributed by atoms with Gasteiger partial charge >= 0.3 is 0 Å². The summed E-state index contributed by atoms with van der Waals surface area (Å²) in [6.07, 6.45) is 1.88. The largest absolute Gasteiger partial charge is 0.334 e. The zero-order valence-electron chi connectivity index (χ0n) is 11.1. The highest BCUT2D eigenvalue weighted by molar-refractivity contribution is 5.58. The number of benzene rings is 1. The fraction of sp³-hybridized carbons (Fsp3) is 0.429. The van der Waals surface area contributed by atoms with Gasteiger partial charge in [0.15, 0.2) is 5.82 Å². The highest BCUT2D eigenvalue weighted by atomic mass is 16.5. The first-order chi connectivity index (χ1) is 8.61. The van der Waals surface area contributed by atoms with Crippen LogP contribution < -0.4 is 5.73 Å². The summed E-state index contributed by atoms with van der Waals surface area (Å²) in [6.45, 7) is 6.19. The predicted molar refractivity (Wildman–Crippen MR) is 71.0 cm³/mol. The third kappa shape index (κ3) is 2.59. The molecule has 0 aliphatic carbocycles. The zero-order chi connectivity index (χ0) is 13.1. The van der Waals surface area contributed by atoms with Crippen molar-refractivity contribution in [2.45, 2.75) is 39.7 Å². The van der Waals surface area contributed by atoms with E-state index in [4.69, 9.17) is 10.3 Å². The summed E-state index contributed by atoms with van der Waals surface area (Å²) in [6, 6.07) is 6.01. The van der Waals surface area contributed by atoms with Crippen molar-refractivity contribution in [3.05, 3.63) is 35.2 Å². The SMILES string of the molecule is CCCC(N)c1noc(-c2ccc(C)cc2C)n1. The molecule has 96 valence electrons. The number of hydrogen-bond donors (Lipinski definition) is 1. The van der Waals surface area contributed by atoms with Gasteiger partial charge in [0.2, 0.25) is 0 Å². The van der Waals surface area contributed by atoms with Crippen LogP contribution in [0, 0.1) is 13.8 Å². The quantitative estimate of drug-likeness (QED) is 0.898. The van der Waals surface area contributed by atoms with Gasteiger partial charge in [-0.2, -0.15) is 4.98 Å². The molecule has 0 aliphatic heterocycles. The highest BCUT2D eigenvalue weighted by Gasteiger charge is 2.15. The smallest absolute Gasteiger partial charge is 0.258 e. The van der Waals surface area contributed by atoms with E-state index in [0.29, 0.717) is 11.7 Å². The Hall–Kier alpha value is -1.68. The summed E-state index contributed by atoms with van der Waals surface area (Å²) in [5.41, 5.74) is 9.30. The molecule has 2 N–H and O–H groups in total. The molecule has 1 unspecified atom stereocenters. The van der Waals surface area contributed by atoms with Crippen LogP contribution in [0.2, 0.25) is 0 Å². The Morgan fingerprint density at radius 3 is 2.78 bits per heavy atom. The van der Waals surface area contributed by atoms with Crippen molar-refractivity contribution in [3.8, 4) is 11.5 Å². The van der Waals surface area contributed by atoms with Gasteiger partial charge in [-0.1, -0.05) is 36.2 Å². The summed E-state index contributed by atoms with van der Waals surface area (Å²) in [7, 11) is 0. The van der Waals surface area contributed by atoms with Gasteiger partial charge in [-0.15, -0.1) is 0 Å². The highest BCUT2D eigenvalue weighted by Crippen LogP contribution is 2.24. The van der Waals surface area contributed by atoms with Gasteiger partial charge < -0.3 is 10.3 Å². The van der Waals surface area contributed by atoms with Gasteiger partial charge in [0.05, 0.1) is 6.04 Å². The first-order valence-corrected chi connectivity index (χ1v) is 6.28. The Labute approximate surface area is 107 Å². The van der Waals surface area contributed by atoms with Crippen LogP contribution in [-0.2, 0) is 0 Å². The molecular formula is C14H19N3O. The summed E-state index contributed by atoms with van der Waals surface area (Å²) in [5, 5.41) is 3.96. The lowest BCUT2D eigenvalue weighted by molar-refractivity contribution is 0.413. The number of nitrogens with zero attached hydrogens (tertiary/aromatic N) is 2. The van der Waals surface area contributed by atoms with Crippen molar-refractivity contribution in [2.24, 2.45) is 5.73 Å². The van der Waals surface area contributed by atoms with Crippen LogP contribution in [0.3, 0.4) is 0 Å². The number of nitrogens with two attached hydrogens (primary N) is 1. The van der Waals surface area contributed by atoms with E-state index in [1.807, 2.05) is 19.1 Å². The molecule has 1 aromatic carbocycles. The maximum Gasteiger partial charge on any atom is 0.258 e. The van der Waals surface area contributed by atoms with Crippen molar-refractivity contribution < 1.29 is 4.52 Å². The molecule has 4 heteroatoms. The lowest BCUT2D eigenvalue weighted by atomic mass is 10.1. The van der Waals surface area contributed by atoms with Crippen LogP contribution >= 0.6 is 0 Å². The Kier molecular flexibility index (Phi) is 3.77. The molecule has 0 bridgehead atoms. The standard InChI is InChI=1S/C14H19N3O/c1-4-5-12(15)13-16-14(18-17-13)11-7-6-9(2)8-10(11)3/h6-8,12H,4-5,15H2,1-3H3. The molecule has 1 heterocycles. The van der Waals surface area contributed by atoms with E-state index in [9.17, 15) is 0 Å². The maximum absolute atomic E-state index is 5.97. The fourth-order valence-corrected chi connectivity index (χ4v) is 1.99. The molecule has 2 aromatic rings. The van der Waals surface area contributed by atoms with E-state index < -0.39 is 0 Å². The molecule has 2 rings (SSSR count). The second kappa shape index (κ2) is 5.31. The number of aromatic nitrogens is 2. The van der Waals surface area contributed by atoms with Crippen molar-refractivity contribution in [3.63, 3.8) is 0 Å². The molecule has 1 aromatic heterocycles. The summed E-state index contributed by atoms with van der Waals surface area (Å²) < 4.78 is 5.30. The van der Waals surface area contributed by atoms with E-state index >= 15 is 0 Å². The van der Waals surface area contributed by atoms with Crippen LogP contribution in [0.25, 0.3) is 11.5 Å². The molecule has 4 nitrogen and oxygen atoms in total. The molecule has 1 atom stereocenters. The number of rotatable bonds is 4. The topological polar surface area (TPSA) is 64.9 Å². The first-order valence-electron chi connectivity index (χ1n) is 6.28. The summed E-state index contributed by atoms with van der Waals surface area (Å²) >= 11 is 0. The number of hydrogen-bond acceptors (Lipinski definition) is 4. The molecule has 0 radical (unpaired) electrons. The van der Waals surface area contributed by atoms with E-state index in [1.54, 1.807) is 0 Å². The van der Waals surface area contributed by atoms with Crippen molar-refractivity contribution >= 4 is 0 Å². The molecule has 0 aliphatic rings. The summed E-state index contributed by atoms with van der Waals surface area (Å²) in [5.74, 6) is 1.14. The lowest BCUT2D eigenvalue weighted by Gasteiger charge is -2.03. The van der Waals surface area contributed by atoms with Crippen molar-refractivity contribution in [1.29, 1.82) is 0 Å². The van der Waals surface area contributed by atoms with Crippen LogP contribution in [0.15, 0.2) is 22.7 Å². The van der Waals surface area contributed by atoms with Crippen LogP contribution in [0.1, 0.15) is 42.8 Å². The van der Waals surface area contributed by atoms with Gasteiger partial charge in [0, 0.05) is 5.56 Å². The average molecular weight is 245 g/mol. The predicted octanol–water partition coefficient (Wildman–Crippen LogP) is 3.15. The van der Waals surface area contributed by atoms with Crippen LogP contribution in [0.4, 0.5) is 0 Å². The molecular weight excluding hydrogens is 226 g/mol. The van der Waals surface area contributed by atoms with E-state index in [2.05, 4.69) is 30.1 Å². The Balaban J connectivity index is 2.29. The zero-order valence-corrected chi connectivity index (χ0v) is 11.1. The minimum absolute atomic E-state index is 0.141. The van der Waals surface area contributed by atoms with Gasteiger partial charge in [0.1, 0.15) is 0 Å². The molecule has 0 spiro atoms. The lowest BCUT2D eigenvalue weighted by Crippen LogP contribution is -2.11. The van der Waals surface area contributed by atoms with E-state index in [1.165, 1.54) is 5.56 Å². The minimum Gasteiger partial charge on any atom is -0.334 e. The average Bonchev–Trinajstić information content (AvgIpc) is 2.78. The van der Waals surface area contributed by atoms with Gasteiger partial charge in [-0.3, -0.25) is 0 Å². The number of aryl methyl sites for hydroxylation is 2. The normalized spacial score (nSPS) is 12.7. The molecule has 0 saturated carbocycles. The first kappa shape index (κ1) is 12.8. The van der Waals surface area contributed by atoms with Crippen LogP contribution in [0.5, 0.6) is 0 Å². The van der Waals surface area contributed by atoms with Crippen molar-refractivity contribution in [2.75, 3.05) is 0 Å². The molecule has 0 saturated heterocycles. The van der Waals surface area contributed by atoms with E-state index in [0.717, 1.165) is 24.0 Å². The Morgan fingerprint density at radius 1 is 1.33 bits per heavy atom. The Morgan fingerprint density at radius 2 is 2.11 bits per heavy atom. The monoisotopic (exact) mass is 245 g/mol. The van der Waals surface area contributed by atoms with Gasteiger partial charge in [-0.25, -0.2) is 0 Å². The van der Waals surface area contributed by atoms with Crippen LogP contribution in [-0.4, -0.2) is 10.1 Å². The van der Waals surface area contributed by atoms with Gasteiger partial charge in [0.25, 0.3) is 5.89 Å². The third-order valence-corrected chi connectivity index (χ3v) is 2.99. The van der Waals surface area contributed by atoms with Gasteiger partial charge in [-0.05, 0) is 31.9 Å². The second-order valence-electron chi connectivity index (χ2n) is 4.67. The fourth-order valence-electron chi connectivity index (χ4n) is 1.99. The minimum atomic E-state index is -0.141. The molecule has 0 fully saturated rings.